The number of hydrogen-bond acceptors (Lipinski definition) is 2. The van der Waals surface area contributed by atoms with Crippen LogP contribution in [-0.4, -0.2) is 18.5 Å². The summed E-state index contributed by atoms with van der Waals surface area (Å²) in [5.74, 6) is 0. The highest BCUT2D eigenvalue weighted by Gasteiger charge is 2.15. The maximum absolute atomic E-state index is 5.98. The van der Waals surface area contributed by atoms with Gasteiger partial charge in [0.1, 0.15) is 0 Å². The molecule has 0 bridgehead atoms. The first-order chi connectivity index (χ1) is 9.60. The molecule has 0 spiro atoms. The lowest BCUT2D eigenvalue weighted by molar-refractivity contribution is 0.242. The lowest BCUT2D eigenvalue weighted by atomic mass is 10.0. The topological polar surface area (TPSA) is 29.3 Å². The van der Waals surface area contributed by atoms with Crippen molar-refractivity contribution < 1.29 is 0 Å². The smallest absolute Gasteiger partial charge is 0.0471 e. The Balaban J connectivity index is 2.13. The number of rotatable bonds is 5. The molecule has 0 radical (unpaired) electrons. The summed E-state index contributed by atoms with van der Waals surface area (Å²) in [4.78, 5) is 2.30. The zero-order valence-corrected chi connectivity index (χ0v) is 13.6. The van der Waals surface area contributed by atoms with Crippen molar-refractivity contribution in [2.45, 2.75) is 19.5 Å². The molecule has 2 nitrogen and oxygen atoms in total. The van der Waals surface area contributed by atoms with Gasteiger partial charge in [0.25, 0.3) is 0 Å². The fourth-order valence-corrected chi connectivity index (χ4v) is 2.70. The quantitative estimate of drug-likeness (QED) is 0.899. The first kappa shape index (κ1) is 15.2. The third kappa shape index (κ3) is 3.92. The second-order valence-electron chi connectivity index (χ2n) is 5.21. The van der Waals surface area contributed by atoms with E-state index in [2.05, 4.69) is 83.3 Å². The highest BCUT2D eigenvalue weighted by Crippen LogP contribution is 2.21. The number of aryl methyl sites for hydroxylation is 1. The van der Waals surface area contributed by atoms with E-state index in [9.17, 15) is 0 Å². The Bertz CT molecular complexity index is 551. The van der Waals surface area contributed by atoms with Crippen LogP contribution in [0.25, 0.3) is 0 Å². The standard InChI is InChI=1S/C17H21BrN2/c1-13-4-3-5-15(10-13)17(11-19)20(2)12-14-6-8-16(18)9-7-14/h3-10,17H,11-12,19H2,1-2H3. The zero-order valence-electron chi connectivity index (χ0n) is 12.0. The molecule has 0 aliphatic heterocycles. The van der Waals surface area contributed by atoms with E-state index in [0.29, 0.717) is 6.54 Å². The summed E-state index contributed by atoms with van der Waals surface area (Å²) in [6, 6.07) is 17.3. The van der Waals surface area contributed by atoms with Crippen LogP contribution in [0.15, 0.2) is 53.0 Å². The molecule has 2 aromatic carbocycles. The minimum absolute atomic E-state index is 0.249. The summed E-state index contributed by atoms with van der Waals surface area (Å²) in [7, 11) is 2.13. The molecule has 0 fully saturated rings. The third-order valence-electron chi connectivity index (χ3n) is 3.53. The Morgan fingerprint density at radius 3 is 2.45 bits per heavy atom. The van der Waals surface area contributed by atoms with E-state index < -0.39 is 0 Å². The molecule has 106 valence electrons. The maximum Gasteiger partial charge on any atom is 0.0471 e. The fourth-order valence-electron chi connectivity index (χ4n) is 2.44. The molecule has 2 rings (SSSR count). The van der Waals surface area contributed by atoms with E-state index in [1.807, 2.05) is 0 Å². The third-order valence-corrected chi connectivity index (χ3v) is 4.06. The van der Waals surface area contributed by atoms with E-state index >= 15 is 0 Å². The van der Waals surface area contributed by atoms with Crippen molar-refractivity contribution >= 4 is 15.9 Å². The minimum atomic E-state index is 0.249. The fraction of sp³-hybridized carbons (Fsp3) is 0.294. The number of benzene rings is 2. The molecule has 20 heavy (non-hydrogen) atoms. The van der Waals surface area contributed by atoms with E-state index in [-0.39, 0.29) is 6.04 Å². The summed E-state index contributed by atoms with van der Waals surface area (Å²) in [6.45, 7) is 3.63. The summed E-state index contributed by atoms with van der Waals surface area (Å²) in [6.07, 6.45) is 0. The van der Waals surface area contributed by atoms with Crippen LogP contribution in [0, 0.1) is 6.92 Å². The van der Waals surface area contributed by atoms with Crippen LogP contribution in [0.2, 0.25) is 0 Å². The number of likely N-dealkylation sites (N-methyl/N-ethyl adjacent to an activating group) is 1. The van der Waals surface area contributed by atoms with Gasteiger partial charge in [-0.05, 0) is 37.2 Å². The molecule has 0 amide bonds. The first-order valence-electron chi connectivity index (χ1n) is 6.81. The van der Waals surface area contributed by atoms with Crippen molar-refractivity contribution in [3.05, 3.63) is 69.7 Å². The van der Waals surface area contributed by atoms with Crippen LogP contribution in [-0.2, 0) is 6.54 Å². The summed E-state index contributed by atoms with van der Waals surface area (Å²) in [5, 5.41) is 0. The number of nitrogens with two attached hydrogens (primary N) is 1. The van der Waals surface area contributed by atoms with Gasteiger partial charge in [0, 0.05) is 23.6 Å². The molecule has 0 heterocycles. The van der Waals surface area contributed by atoms with Crippen LogP contribution in [0.4, 0.5) is 0 Å². The van der Waals surface area contributed by atoms with Gasteiger partial charge in [0.2, 0.25) is 0 Å². The number of hydrogen-bond donors (Lipinski definition) is 1. The molecule has 0 aliphatic rings. The van der Waals surface area contributed by atoms with Gasteiger partial charge in [0.15, 0.2) is 0 Å². The zero-order chi connectivity index (χ0) is 14.5. The van der Waals surface area contributed by atoms with E-state index in [1.165, 1.54) is 16.7 Å². The minimum Gasteiger partial charge on any atom is -0.329 e. The van der Waals surface area contributed by atoms with Crippen LogP contribution in [0.5, 0.6) is 0 Å². The van der Waals surface area contributed by atoms with Gasteiger partial charge in [-0.15, -0.1) is 0 Å². The largest absolute Gasteiger partial charge is 0.329 e. The molecular weight excluding hydrogens is 312 g/mol. The molecule has 3 heteroatoms. The highest BCUT2D eigenvalue weighted by molar-refractivity contribution is 9.10. The van der Waals surface area contributed by atoms with Crippen molar-refractivity contribution in [1.82, 2.24) is 4.90 Å². The summed E-state index contributed by atoms with van der Waals surface area (Å²) < 4.78 is 1.11. The molecule has 0 aromatic heterocycles. The molecule has 1 unspecified atom stereocenters. The van der Waals surface area contributed by atoms with Crippen LogP contribution in [0.3, 0.4) is 0 Å². The summed E-state index contributed by atoms with van der Waals surface area (Å²) >= 11 is 3.47. The van der Waals surface area contributed by atoms with Crippen molar-refractivity contribution in [2.75, 3.05) is 13.6 Å². The number of halogens is 1. The molecule has 0 aliphatic carbocycles. The normalized spacial score (nSPS) is 12.7. The second kappa shape index (κ2) is 7.02. The Labute approximate surface area is 129 Å². The van der Waals surface area contributed by atoms with Crippen molar-refractivity contribution in [3.63, 3.8) is 0 Å². The van der Waals surface area contributed by atoms with Crippen molar-refractivity contribution in [3.8, 4) is 0 Å². The van der Waals surface area contributed by atoms with Gasteiger partial charge in [-0.25, -0.2) is 0 Å². The van der Waals surface area contributed by atoms with Gasteiger partial charge in [0.05, 0.1) is 0 Å². The number of nitrogens with zero attached hydrogens (tertiary/aromatic N) is 1. The van der Waals surface area contributed by atoms with Crippen molar-refractivity contribution in [2.24, 2.45) is 5.73 Å². The molecule has 1 atom stereocenters. The molecule has 0 saturated heterocycles. The maximum atomic E-state index is 5.98. The van der Waals surface area contributed by atoms with Gasteiger partial charge in [-0.1, -0.05) is 57.9 Å². The van der Waals surface area contributed by atoms with Crippen LogP contribution >= 0.6 is 15.9 Å². The molecular formula is C17H21BrN2. The monoisotopic (exact) mass is 332 g/mol. The average molecular weight is 333 g/mol. The first-order valence-corrected chi connectivity index (χ1v) is 7.61. The van der Waals surface area contributed by atoms with Crippen molar-refractivity contribution in [1.29, 1.82) is 0 Å². The van der Waals surface area contributed by atoms with Gasteiger partial charge in [-0.3, -0.25) is 4.90 Å². The van der Waals surface area contributed by atoms with E-state index in [1.54, 1.807) is 0 Å². The Morgan fingerprint density at radius 1 is 1.15 bits per heavy atom. The SMILES string of the molecule is Cc1cccc(C(CN)N(C)Cc2ccc(Br)cc2)c1. The van der Waals surface area contributed by atoms with E-state index in [0.717, 1.165) is 11.0 Å². The van der Waals surface area contributed by atoms with Crippen LogP contribution < -0.4 is 5.73 Å². The Morgan fingerprint density at radius 2 is 1.85 bits per heavy atom. The molecule has 0 saturated carbocycles. The lowest BCUT2D eigenvalue weighted by Crippen LogP contribution is -2.30. The predicted octanol–water partition coefficient (Wildman–Crippen LogP) is 3.89. The highest BCUT2D eigenvalue weighted by atomic mass is 79.9. The van der Waals surface area contributed by atoms with Gasteiger partial charge < -0.3 is 5.73 Å². The average Bonchev–Trinajstić information content (AvgIpc) is 2.42. The van der Waals surface area contributed by atoms with Gasteiger partial charge in [-0.2, -0.15) is 0 Å². The van der Waals surface area contributed by atoms with Crippen LogP contribution in [0.1, 0.15) is 22.7 Å². The molecule has 2 N–H and O–H groups in total. The second-order valence-corrected chi connectivity index (χ2v) is 6.12. The lowest BCUT2D eigenvalue weighted by Gasteiger charge is -2.27. The van der Waals surface area contributed by atoms with Gasteiger partial charge >= 0.3 is 0 Å². The summed E-state index contributed by atoms with van der Waals surface area (Å²) in [5.41, 5.74) is 9.84. The Hall–Kier alpha value is -1.16. The Kier molecular flexibility index (Phi) is 5.35. The van der Waals surface area contributed by atoms with E-state index in [4.69, 9.17) is 5.73 Å². The predicted molar refractivity (Wildman–Crippen MR) is 88.6 cm³/mol. The molecule has 2 aromatic rings.